The third kappa shape index (κ3) is 3.35. The zero-order valence-electron chi connectivity index (χ0n) is 11.6. The molecule has 21 heavy (non-hydrogen) atoms. The van der Waals surface area contributed by atoms with Gasteiger partial charge in [0.25, 0.3) is 0 Å². The summed E-state index contributed by atoms with van der Waals surface area (Å²) in [6.45, 7) is 3.84. The number of carboxylic acids is 1. The van der Waals surface area contributed by atoms with Gasteiger partial charge in [-0.2, -0.15) is 0 Å². The molecule has 6 nitrogen and oxygen atoms in total. The molecule has 0 aliphatic heterocycles. The molecular weight excluding hydrogens is 268 g/mol. The van der Waals surface area contributed by atoms with Crippen molar-refractivity contribution in [3.05, 3.63) is 59.9 Å². The van der Waals surface area contributed by atoms with Crippen molar-refractivity contribution in [3.8, 4) is 0 Å². The highest BCUT2D eigenvalue weighted by atomic mass is 16.4. The number of hydrogen-bond donors (Lipinski definition) is 2. The molecule has 0 aliphatic rings. The first-order valence-corrected chi connectivity index (χ1v) is 6.68. The number of hydrogen-bond acceptors (Lipinski definition) is 4. The second-order valence-electron chi connectivity index (χ2n) is 4.67. The third-order valence-electron chi connectivity index (χ3n) is 3.25. The monoisotopic (exact) mass is 286 g/mol. The minimum atomic E-state index is -0.955. The molecule has 0 bridgehead atoms. The largest absolute Gasteiger partial charge is 0.480 e. The average molecular weight is 286 g/mol. The second kappa shape index (κ2) is 6.81. The lowest BCUT2D eigenvalue weighted by Gasteiger charge is -2.15. The Morgan fingerprint density at radius 1 is 1.43 bits per heavy atom. The molecule has 3 N–H and O–H groups in total. The van der Waals surface area contributed by atoms with Gasteiger partial charge in [-0.3, -0.25) is 0 Å². The number of aromatic nitrogens is 3. The smallest absolute Gasteiger partial charge is 0.328 e. The Balaban J connectivity index is 2.34. The van der Waals surface area contributed by atoms with E-state index in [2.05, 4.69) is 16.9 Å². The van der Waals surface area contributed by atoms with Gasteiger partial charge in [-0.1, -0.05) is 41.6 Å². The summed E-state index contributed by atoms with van der Waals surface area (Å²) in [6.07, 6.45) is 2.55. The molecule has 1 aromatic heterocycles. The number of aliphatic carboxylic acids is 1. The zero-order valence-corrected chi connectivity index (χ0v) is 11.6. The quantitative estimate of drug-likeness (QED) is 0.749. The molecule has 1 atom stereocenters. The molecule has 0 fully saturated rings. The normalized spacial score (nSPS) is 12.0. The minimum absolute atomic E-state index is 0.189. The highest BCUT2D eigenvalue weighted by Gasteiger charge is 2.25. The van der Waals surface area contributed by atoms with Crippen LogP contribution in [0.4, 0.5) is 0 Å². The maximum absolute atomic E-state index is 11.6. The third-order valence-corrected chi connectivity index (χ3v) is 3.25. The molecule has 0 unspecified atom stereocenters. The first kappa shape index (κ1) is 14.9. The van der Waals surface area contributed by atoms with Crippen LogP contribution in [0, 0.1) is 0 Å². The molecule has 2 rings (SSSR count). The van der Waals surface area contributed by atoms with Crippen LogP contribution in [0.25, 0.3) is 0 Å². The van der Waals surface area contributed by atoms with E-state index in [0.29, 0.717) is 24.2 Å². The highest BCUT2D eigenvalue weighted by molar-refractivity contribution is 5.72. The summed E-state index contributed by atoms with van der Waals surface area (Å²) in [5.41, 5.74) is 7.96. The summed E-state index contributed by atoms with van der Waals surface area (Å²) in [6, 6.07) is 8.60. The van der Waals surface area contributed by atoms with Crippen molar-refractivity contribution in [3.63, 3.8) is 0 Å². The Hall–Kier alpha value is -2.47. The van der Waals surface area contributed by atoms with E-state index in [9.17, 15) is 9.90 Å². The zero-order chi connectivity index (χ0) is 15.2. The minimum Gasteiger partial charge on any atom is -0.480 e. The van der Waals surface area contributed by atoms with Crippen molar-refractivity contribution in [1.29, 1.82) is 0 Å². The maximum Gasteiger partial charge on any atom is 0.328 e. The van der Waals surface area contributed by atoms with Gasteiger partial charge in [0.15, 0.2) is 6.04 Å². The van der Waals surface area contributed by atoms with Crippen LogP contribution in [-0.4, -0.2) is 26.1 Å². The lowest BCUT2D eigenvalue weighted by atomic mass is 10.1. The summed E-state index contributed by atoms with van der Waals surface area (Å²) in [7, 11) is 0. The molecular formula is C15H18N4O2. The molecule has 6 heteroatoms. The number of nitrogens with zero attached hydrogens (tertiary/aromatic N) is 3. The Morgan fingerprint density at radius 2 is 2.14 bits per heavy atom. The van der Waals surface area contributed by atoms with Gasteiger partial charge in [-0.25, -0.2) is 9.48 Å². The van der Waals surface area contributed by atoms with Crippen molar-refractivity contribution in [2.45, 2.75) is 25.4 Å². The van der Waals surface area contributed by atoms with Crippen molar-refractivity contribution in [2.75, 3.05) is 0 Å². The molecule has 0 radical (unpaired) electrons. The Bertz CT molecular complexity index is 622. The van der Waals surface area contributed by atoms with E-state index in [1.807, 2.05) is 30.3 Å². The molecule has 2 aromatic rings. The predicted octanol–water partition coefficient (Wildman–Crippen LogP) is 1.33. The number of carbonyl (C=O) groups is 1. The van der Waals surface area contributed by atoms with Crippen LogP contribution in [0.15, 0.2) is 43.0 Å². The Labute approximate surface area is 122 Å². The molecule has 0 aliphatic carbocycles. The SMILES string of the molecule is C=CCc1nnn([C@@H](Cc2ccccc2)C(=O)O)c1CN. The van der Waals surface area contributed by atoms with Crippen LogP contribution in [0.1, 0.15) is 23.0 Å². The second-order valence-corrected chi connectivity index (χ2v) is 4.67. The topological polar surface area (TPSA) is 94.0 Å². The molecule has 1 heterocycles. The molecule has 0 spiro atoms. The summed E-state index contributed by atoms with van der Waals surface area (Å²) < 4.78 is 1.41. The van der Waals surface area contributed by atoms with E-state index in [4.69, 9.17) is 5.73 Å². The van der Waals surface area contributed by atoms with Gasteiger partial charge in [0.2, 0.25) is 0 Å². The van der Waals surface area contributed by atoms with Gasteiger partial charge in [0.1, 0.15) is 0 Å². The van der Waals surface area contributed by atoms with Gasteiger partial charge >= 0.3 is 5.97 Å². The van der Waals surface area contributed by atoms with Crippen molar-refractivity contribution < 1.29 is 9.90 Å². The first-order chi connectivity index (χ1) is 10.2. The van der Waals surface area contributed by atoms with Crippen LogP contribution in [0.5, 0.6) is 0 Å². The van der Waals surface area contributed by atoms with Crippen LogP contribution >= 0.6 is 0 Å². The van der Waals surface area contributed by atoms with Gasteiger partial charge < -0.3 is 10.8 Å². The van der Waals surface area contributed by atoms with Crippen molar-refractivity contribution in [1.82, 2.24) is 15.0 Å². The average Bonchev–Trinajstić information content (AvgIpc) is 2.88. The van der Waals surface area contributed by atoms with Gasteiger partial charge in [0.05, 0.1) is 11.4 Å². The number of benzene rings is 1. The van der Waals surface area contributed by atoms with E-state index in [0.717, 1.165) is 5.56 Å². The Morgan fingerprint density at radius 3 is 2.71 bits per heavy atom. The van der Waals surface area contributed by atoms with E-state index < -0.39 is 12.0 Å². The standard InChI is InChI=1S/C15H18N4O2/c1-2-6-12-14(10-16)19(18-17-12)13(15(20)21)9-11-7-4-3-5-8-11/h2-5,7-8,13H,1,6,9-10,16H2,(H,20,21)/t13-/m0/s1. The van der Waals surface area contributed by atoms with Crippen molar-refractivity contribution >= 4 is 5.97 Å². The van der Waals surface area contributed by atoms with Crippen LogP contribution < -0.4 is 5.73 Å². The molecule has 0 amide bonds. The lowest BCUT2D eigenvalue weighted by Crippen LogP contribution is -2.25. The maximum atomic E-state index is 11.6. The van der Waals surface area contributed by atoms with Crippen LogP contribution in [0.2, 0.25) is 0 Å². The fourth-order valence-corrected chi connectivity index (χ4v) is 2.22. The first-order valence-electron chi connectivity index (χ1n) is 6.68. The van der Waals surface area contributed by atoms with E-state index in [-0.39, 0.29) is 6.54 Å². The van der Waals surface area contributed by atoms with Gasteiger partial charge in [-0.05, 0) is 5.56 Å². The predicted molar refractivity (Wildman–Crippen MR) is 78.6 cm³/mol. The van der Waals surface area contributed by atoms with Gasteiger partial charge in [0, 0.05) is 19.4 Å². The molecule has 0 saturated carbocycles. The van der Waals surface area contributed by atoms with E-state index >= 15 is 0 Å². The van der Waals surface area contributed by atoms with E-state index in [1.165, 1.54) is 4.68 Å². The lowest BCUT2D eigenvalue weighted by molar-refractivity contribution is -0.141. The summed E-state index contributed by atoms with van der Waals surface area (Å²) in [5, 5.41) is 17.5. The summed E-state index contributed by atoms with van der Waals surface area (Å²) in [5.74, 6) is -0.955. The number of allylic oxidation sites excluding steroid dienone is 1. The highest BCUT2D eigenvalue weighted by Crippen LogP contribution is 2.18. The van der Waals surface area contributed by atoms with Crippen molar-refractivity contribution in [2.24, 2.45) is 5.73 Å². The summed E-state index contributed by atoms with van der Waals surface area (Å²) in [4.78, 5) is 11.6. The van der Waals surface area contributed by atoms with Crippen LogP contribution in [0.3, 0.4) is 0 Å². The molecule has 110 valence electrons. The molecule has 0 saturated heterocycles. The number of carboxylic acid groups (broad SMARTS) is 1. The van der Waals surface area contributed by atoms with E-state index in [1.54, 1.807) is 6.08 Å². The molecule has 1 aromatic carbocycles. The van der Waals surface area contributed by atoms with Crippen LogP contribution in [-0.2, 0) is 24.2 Å². The fourth-order valence-electron chi connectivity index (χ4n) is 2.22. The number of rotatable bonds is 7. The number of nitrogens with two attached hydrogens (primary N) is 1. The fraction of sp³-hybridized carbons (Fsp3) is 0.267. The Kier molecular flexibility index (Phi) is 4.84. The summed E-state index contributed by atoms with van der Waals surface area (Å²) >= 11 is 0. The van der Waals surface area contributed by atoms with Gasteiger partial charge in [-0.15, -0.1) is 11.7 Å².